The van der Waals surface area contributed by atoms with Gasteiger partial charge in [-0.05, 0) is 31.6 Å². The molecule has 0 aromatic rings. The Morgan fingerprint density at radius 1 is 1.75 bits per heavy atom. The van der Waals surface area contributed by atoms with Gasteiger partial charge in [-0.25, -0.2) is 4.79 Å². The summed E-state index contributed by atoms with van der Waals surface area (Å²) >= 11 is 0. The van der Waals surface area contributed by atoms with Crippen LogP contribution < -0.4 is 0 Å². The van der Waals surface area contributed by atoms with Crippen molar-refractivity contribution in [2.75, 3.05) is 7.11 Å². The van der Waals surface area contributed by atoms with Crippen molar-refractivity contribution >= 4 is 5.97 Å². The third kappa shape index (κ3) is 4.02. The predicted octanol–water partition coefficient (Wildman–Crippen LogP) is 1.56. The summed E-state index contributed by atoms with van der Waals surface area (Å²) in [6, 6.07) is 0. The molecule has 0 heterocycles. The van der Waals surface area contributed by atoms with E-state index < -0.39 is 5.97 Å². The monoisotopic (exact) mass is 165 g/mol. The number of carbonyl (C=O) groups is 1. The van der Waals surface area contributed by atoms with Crippen molar-refractivity contribution in [1.29, 1.82) is 0 Å². The van der Waals surface area contributed by atoms with Gasteiger partial charge in [0.15, 0.2) is 0 Å². The van der Waals surface area contributed by atoms with Gasteiger partial charge in [0.25, 0.3) is 0 Å². The minimum absolute atomic E-state index is 0.437. The Balaban J connectivity index is 1.97. The molecule has 65 valence electrons. The van der Waals surface area contributed by atoms with Crippen LogP contribution in [0, 0.1) is 24.2 Å². The van der Waals surface area contributed by atoms with Gasteiger partial charge < -0.3 is 4.74 Å². The van der Waals surface area contributed by atoms with Crippen LogP contribution in [0.15, 0.2) is 0 Å². The molecule has 2 nitrogen and oxygen atoms in total. The van der Waals surface area contributed by atoms with Gasteiger partial charge in [0.05, 0.1) is 7.11 Å². The Morgan fingerprint density at radius 2 is 2.50 bits per heavy atom. The van der Waals surface area contributed by atoms with Crippen LogP contribution >= 0.6 is 0 Å². The van der Waals surface area contributed by atoms with Crippen molar-refractivity contribution in [3.8, 4) is 11.8 Å². The zero-order chi connectivity index (χ0) is 8.81. The highest BCUT2D eigenvalue weighted by atomic mass is 16.5. The Kier molecular flexibility index (Phi) is 3.66. The molecule has 2 heteroatoms. The smallest absolute Gasteiger partial charge is 0.384 e. The fraction of sp³-hybridized carbons (Fsp3) is 0.600. The number of unbranched alkanes of at least 4 members (excludes halogenated alkanes) is 1. The van der Waals surface area contributed by atoms with Gasteiger partial charge in [0.1, 0.15) is 0 Å². The van der Waals surface area contributed by atoms with Crippen LogP contribution in [0.1, 0.15) is 25.7 Å². The second kappa shape index (κ2) is 4.82. The van der Waals surface area contributed by atoms with E-state index in [2.05, 4.69) is 23.0 Å². The summed E-state index contributed by atoms with van der Waals surface area (Å²) in [7, 11) is 1.34. The third-order valence-corrected chi connectivity index (χ3v) is 1.82. The number of esters is 1. The summed E-state index contributed by atoms with van der Waals surface area (Å²) < 4.78 is 4.37. The number of hydrogen-bond acceptors (Lipinski definition) is 2. The second-order valence-corrected chi connectivity index (χ2v) is 2.92. The zero-order valence-electron chi connectivity index (χ0n) is 7.30. The van der Waals surface area contributed by atoms with Gasteiger partial charge in [-0.2, -0.15) is 0 Å². The molecule has 0 bridgehead atoms. The van der Waals surface area contributed by atoms with E-state index in [0.29, 0.717) is 0 Å². The number of rotatable bonds is 3. The molecular formula is C10H13O2. The molecule has 0 aromatic heterocycles. The maximum absolute atomic E-state index is 10.5. The first-order chi connectivity index (χ1) is 5.83. The molecule has 0 saturated heterocycles. The Hall–Kier alpha value is -0.970. The molecule has 1 radical (unpaired) electrons. The summed E-state index contributed by atoms with van der Waals surface area (Å²) in [4.78, 5) is 10.5. The molecule has 1 rings (SSSR count). The molecule has 0 spiro atoms. The van der Waals surface area contributed by atoms with Crippen LogP contribution in [-0.2, 0) is 9.53 Å². The predicted molar refractivity (Wildman–Crippen MR) is 46.1 cm³/mol. The first kappa shape index (κ1) is 9.12. The largest absolute Gasteiger partial charge is 0.459 e. The highest BCUT2D eigenvalue weighted by Gasteiger charge is 2.20. The maximum atomic E-state index is 10.5. The van der Waals surface area contributed by atoms with Crippen LogP contribution in [0.4, 0.5) is 0 Å². The van der Waals surface area contributed by atoms with Crippen molar-refractivity contribution < 1.29 is 9.53 Å². The standard InChI is InChI=1S/C10H13O2/c1-12-10(11)6-4-2-3-5-9-7-8-9/h7,9H,2-3,5,8H2,1H3. The molecule has 1 aliphatic carbocycles. The summed E-state index contributed by atoms with van der Waals surface area (Å²) in [6.07, 6.45) is 6.68. The minimum atomic E-state index is -0.437. The fourth-order valence-electron chi connectivity index (χ4n) is 0.970. The fourth-order valence-corrected chi connectivity index (χ4v) is 0.970. The van der Waals surface area contributed by atoms with E-state index in [4.69, 9.17) is 0 Å². The van der Waals surface area contributed by atoms with Gasteiger partial charge in [0.2, 0.25) is 0 Å². The molecular weight excluding hydrogens is 152 g/mol. The lowest BCUT2D eigenvalue weighted by molar-refractivity contribution is -0.133. The van der Waals surface area contributed by atoms with E-state index in [1.807, 2.05) is 0 Å². The second-order valence-electron chi connectivity index (χ2n) is 2.92. The van der Waals surface area contributed by atoms with E-state index in [1.54, 1.807) is 0 Å². The summed E-state index contributed by atoms with van der Waals surface area (Å²) in [6.45, 7) is 0. The molecule has 12 heavy (non-hydrogen) atoms. The maximum Gasteiger partial charge on any atom is 0.384 e. The van der Waals surface area contributed by atoms with Gasteiger partial charge in [-0.1, -0.05) is 5.92 Å². The third-order valence-electron chi connectivity index (χ3n) is 1.82. The summed E-state index contributed by atoms with van der Waals surface area (Å²) in [5.74, 6) is 5.59. The lowest BCUT2D eigenvalue weighted by atomic mass is 10.2. The van der Waals surface area contributed by atoms with Crippen LogP contribution in [0.3, 0.4) is 0 Å². The summed E-state index contributed by atoms with van der Waals surface area (Å²) in [5, 5.41) is 0. The molecule has 1 atom stereocenters. The van der Waals surface area contributed by atoms with E-state index in [-0.39, 0.29) is 0 Å². The number of hydrogen-bond donors (Lipinski definition) is 0. The van der Waals surface area contributed by atoms with Crippen LogP contribution in [0.5, 0.6) is 0 Å². The van der Waals surface area contributed by atoms with Crippen LogP contribution in [0.25, 0.3) is 0 Å². The quantitative estimate of drug-likeness (QED) is 0.274. The normalized spacial score (nSPS) is 14.8. The first-order valence-corrected chi connectivity index (χ1v) is 4.23. The molecule has 0 aromatic carbocycles. The number of methoxy groups -OCH3 is 1. The Morgan fingerprint density at radius 3 is 3.08 bits per heavy atom. The lowest BCUT2D eigenvalue weighted by Gasteiger charge is -1.90. The molecule has 1 aliphatic rings. The minimum Gasteiger partial charge on any atom is -0.459 e. The average molecular weight is 165 g/mol. The van der Waals surface area contributed by atoms with Gasteiger partial charge in [0, 0.05) is 12.3 Å². The van der Waals surface area contributed by atoms with Crippen molar-refractivity contribution in [3.05, 3.63) is 6.42 Å². The molecule has 1 fully saturated rings. The molecule has 0 N–H and O–H groups in total. The van der Waals surface area contributed by atoms with E-state index in [0.717, 1.165) is 18.8 Å². The van der Waals surface area contributed by atoms with Crippen molar-refractivity contribution in [2.45, 2.75) is 25.7 Å². The van der Waals surface area contributed by atoms with Crippen LogP contribution in [0.2, 0.25) is 0 Å². The Bertz CT molecular complexity index is 206. The van der Waals surface area contributed by atoms with Gasteiger partial charge in [-0.15, -0.1) is 0 Å². The Labute approximate surface area is 73.3 Å². The molecule has 0 amide bonds. The van der Waals surface area contributed by atoms with E-state index in [9.17, 15) is 4.79 Å². The topological polar surface area (TPSA) is 26.3 Å². The van der Waals surface area contributed by atoms with E-state index >= 15 is 0 Å². The number of carbonyl (C=O) groups excluding carboxylic acids is 1. The highest BCUT2D eigenvalue weighted by molar-refractivity contribution is 5.88. The van der Waals surface area contributed by atoms with Gasteiger partial charge in [-0.3, -0.25) is 0 Å². The van der Waals surface area contributed by atoms with E-state index in [1.165, 1.54) is 20.0 Å². The molecule has 0 aliphatic heterocycles. The molecule has 1 unspecified atom stereocenters. The van der Waals surface area contributed by atoms with Gasteiger partial charge >= 0.3 is 5.97 Å². The highest BCUT2D eigenvalue weighted by Crippen LogP contribution is 2.32. The SMILES string of the molecule is COC(=O)C#CCCCC1[CH]C1. The van der Waals surface area contributed by atoms with Crippen molar-refractivity contribution in [2.24, 2.45) is 5.92 Å². The van der Waals surface area contributed by atoms with Crippen molar-refractivity contribution in [3.63, 3.8) is 0 Å². The average Bonchev–Trinajstić information content (AvgIpc) is 2.87. The lowest BCUT2D eigenvalue weighted by Crippen LogP contribution is -1.94. The zero-order valence-corrected chi connectivity index (χ0v) is 7.30. The molecule has 1 saturated carbocycles. The van der Waals surface area contributed by atoms with Crippen molar-refractivity contribution in [1.82, 2.24) is 0 Å². The summed E-state index contributed by atoms with van der Waals surface area (Å²) in [5.41, 5.74) is 0. The number of ether oxygens (including phenoxy) is 1. The first-order valence-electron chi connectivity index (χ1n) is 4.23. The van der Waals surface area contributed by atoms with Crippen LogP contribution in [-0.4, -0.2) is 13.1 Å².